The van der Waals surface area contributed by atoms with Gasteiger partial charge in [-0.2, -0.15) is 0 Å². The fraction of sp³-hybridized carbons (Fsp3) is 0.400. The van der Waals surface area contributed by atoms with E-state index < -0.39 is 0 Å². The summed E-state index contributed by atoms with van der Waals surface area (Å²) in [7, 11) is 0. The predicted octanol–water partition coefficient (Wildman–Crippen LogP) is 2.47. The Morgan fingerprint density at radius 1 is 1.55 bits per heavy atom. The van der Waals surface area contributed by atoms with Gasteiger partial charge < -0.3 is 4.57 Å². The second kappa shape index (κ2) is 2.57. The molecule has 1 aliphatic rings. The van der Waals surface area contributed by atoms with Crippen molar-refractivity contribution in [1.82, 2.24) is 4.57 Å². The van der Waals surface area contributed by atoms with Crippen LogP contribution in [0.3, 0.4) is 0 Å². The predicted molar refractivity (Wildman–Crippen MR) is 47.5 cm³/mol. The summed E-state index contributed by atoms with van der Waals surface area (Å²) in [5.74, 6) is 0. The summed E-state index contributed by atoms with van der Waals surface area (Å²) in [6.45, 7) is 3.29. The molecule has 0 N–H and O–H groups in total. The summed E-state index contributed by atoms with van der Waals surface area (Å²) in [6.07, 6.45) is 9.12. The van der Waals surface area contributed by atoms with Crippen LogP contribution in [0.4, 0.5) is 0 Å². The standard InChI is InChI=1S/C10H13N/c1-2-4-9-7-10-5-3-6-11(10)8-9/h3,5,7-8H,2,4,6H2,1H3. The van der Waals surface area contributed by atoms with Crippen molar-refractivity contribution in [3.05, 3.63) is 29.6 Å². The topological polar surface area (TPSA) is 4.93 Å². The van der Waals surface area contributed by atoms with Crippen LogP contribution in [0.1, 0.15) is 24.6 Å². The van der Waals surface area contributed by atoms with E-state index in [1.165, 1.54) is 24.1 Å². The molecule has 0 saturated heterocycles. The molecule has 0 saturated carbocycles. The molecule has 1 nitrogen and oxygen atoms in total. The van der Waals surface area contributed by atoms with E-state index in [4.69, 9.17) is 0 Å². The Morgan fingerprint density at radius 2 is 2.45 bits per heavy atom. The molecule has 1 aliphatic heterocycles. The fourth-order valence-electron chi connectivity index (χ4n) is 1.60. The smallest absolute Gasteiger partial charge is 0.0410 e. The lowest BCUT2D eigenvalue weighted by Crippen LogP contribution is -1.88. The first-order valence-corrected chi connectivity index (χ1v) is 4.25. The average Bonchev–Trinajstić information content (AvgIpc) is 2.46. The molecular formula is C10H13N. The number of rotatable bonds is 2. The minimum atomic E-state index is 1.07. The third-order valence-electron chi connectivity index (χ3n) is 2.12. The molecule has 0 unspecified atom stereocenters. The number of hydrogen-bond acceptors (Lipinski definition) is 0. The van der Waals surface area contributed by atoms with E-state index in [0.717, 1.165) is 6.54 Å². The number of aromatic nitrogens is 1. The first-order valence-electron chi connectivity index (χ1n) is 4.25. The highest BCUT2D eigenvalue weighted by molar-refractivity contribution is 5.50. The van der Waals surface area contributed by atoms with E-state index >= 15 is 0 Å². The molecule has 0 aromatic carbocycles. The van der Waals surface area contributed by atoms with Gasteiger partial charge >= 0.3 is 0 Å². The van der Waals surface area contributed by atoms with Crippen LogP contribution in [0.2, 0.25) is 0 Å². The molecule has 0 radical (unpaired) electrons. The van der Waals surface area contributed by atoms with E-state index in [1.807, 2.05) is 0 Å². The van der Waals surface area contributed by atoms with Crippen LogP contribution in [0.15, 0.2) is 18.3 Å². The first kappa shape index (κ1) is 6.71. The van der Waals surface area contributed by atoms with Gasteiger partial charge in [-0.1, -0.05) is 19.4 Å². The molecule has 2 heterocycles. The van der Waals surface area contributed by atoms with Crippen molar-refractivity contribution in [1.29, 1.82) is 0 Å². The molecule has 11 heavy (non-hydrogen) atoms. The van der Waals surface area contributed by atoms with E-state index in [0.29, 0.717) is 0 Å². The minimum absolute atomic E-state index is 1.07. The Balaban J connectivity index is 2.26. The summed E-state index contributed by atoms with van der Waals surface area (Å²) in [6, 6.07) is 2.28. The van der Waals surface area contributed by atoms with Crippen LogP contribution < -0.4 is 0 Å². The van der Waals surface area contributed by atoms with Gasteiger partial charge in [-0.15, -0.1) is 0 Å². The van der Waals surface area contributed by atoms with E-state index in [9.17, 15) is 0 Å². The third kappa shape index (κ3) is 1.11. The zero-order valence-corrected chi connectivity index (χ0v) is 6.88. The molecule has 1 aromatic heterocycles. The van der Waals surface area contributed by atoms with Crippen LogP contribution in [-0.4, -0.2) is 4.57 Å². The van der Waals surface area contributed by atoms with Crippen molar-refractivity contribution in [3.8, 4) is 0 Å². The van der Waals surface area contributed by atoms with Crippen molar-refractivity contribution in [2.75, 3.05) is 0 Å². The zero-order valence-electron chi connectivity index (χ0n) is 6.88. The molecule has 0 spiro atoms. The van der Waals surface area contributed by atoms with Crippen molar-refractivity contribution in [2.45, 2.75) is 26.3 Å². The molecule has 0 atom stereocenters. The Bertz CT molecular complexity index is 281. The Morgan fingerprint density at radius 3 is 3.18 bits per heavy atom. The van der Waals surface area contributed by atoms with Crippen LogP contribution in [-0.2, 0) is 13.0 Å². The maximum atomic E-state index is 2.30. The molecule has 0 amide bonds. The van der Waals surface area contributed by atoms with Gasteiger partial charge in [-0.3, -0.25) is 0 Å². The van der Waals surface area contributed by atoms with E-state index in [-0.39, 0.29) is 0 Å². The summed E-state index contributed by atoms with van der Waals surface area (Å²) < 4.78 is 2.30. The summed E-state index contributed by atoms with van der Waals surface area (Å²) in [5, 5.41) is 0. The van der Waals surface area contributed by atoms with Crippen LogP contribution in [0.5, 0.6) is 0 Å². The Labute approximate surface area is 67.3 Å². The lowest BCUT2D eigenvalue weighted by atomic mass is 10.2. The van der Waals surface area contributed by atoms with Gasteiger partial charge in [0.15, 0.2) is 0 Å². The van der Waals surface area contributed by atoms with Gasteiger partial charge in [0.05, 0.1) is 0 Å². The lowest BCUT2D eigenvalue weighted by molar-refractivity contribution is 0.835. The summed E-state index contributed by atoms with van der Waals surface area (Å²) in [5.41, 5.74) is 2.85. The molecule has 2 rings (SSSR count). The van der Waals surface area contributed by atoms with Crippen molar-refractivity contribution in [2.24, 2.45) is 0 Å². The Kier molecular flexibility index (Phi) is 1.57. The minimum Gasteiger partial charge on any atom is -0.344 e. The normalized spacial score (nSPS) is 13.9. The summed E-state index contributed by atoms with van der Waals surface area (Å²) >= 11 is 0. The molecule has 1 aromatic rings. The fourth-order valence-corrected chi connectivity index (χ4v) is 1.60. The molecule has 0 fully saturated rings. The van der Waals surface area contributed by atoms with Crippen LogP contribution in [0, 0.1) is 0 Å². The number of nitrogens with zero attached hydrogens (tertiary/aromatic N) is 1. The maximum absolute atomic E-state index is 2.30. The van der Waals surface area contributed by atoms with Gasteiger partial charge in [-0.05, 0) is 24.1 Å². The molecule has 0 bridgehead atoms. The van der Waals surface area contributed by atoms with Crippen LogP contribution in [0.25, 0.3) is 6.08 Å². The maximum Gasteiger partial charge on any atom is 0.0410 e. The van der Waals surface area contributed by atoms with Crippen molar-refractivity contribution < 1.29 is 0 Å². The first-order chi connectivity index (χ1) is 5.40. The van der Waals surface area contributed by atoms with Gasteiger partial charge in [0.2, 0.25) is 0 Å². The molecule has 1 heteroatoms. The zero-order chi connectivity index (χ0) is 7.68. The van der Waals surface area contributed by atoms with Crippen molar-refractivity contribution >= 4 is 6.08 Å². The second-order valence-electron chi connectivity index (χ2n) is 3.08. The molecule has 58 valence electrons. The molecule has 0 aliphatic carbocycles. The van der Waals surface area contributed by atoms with Gasteiger partial charge in [0, 0.05) is 18.4 Å². The Hall–Kier alpha value is -0.980. The van der Waals surface area contributed by atoms with Gasteiger partial charge in [0.1, 0.15) is 0 Å². The van der Waals surface area contributed by atoms with Crippen LogP contribution >= 0.6 is 0 Å². The third-order valence-corrected chi connectivity index (χ3v) is 2.12. The van der Waals surface area contributed by atoms with Gasteiger partial charge in [0.25, 0.3) is 0 Å². The summed E-state index contributed by atoms with van der Waals surface area (Å²) in [4.78, 5) is 0. The van der Waals surface area contributed by atoms with E-state index in [1.54, 1.807) is 0 Å². The largest absolute Gasteiger partial charge is 0.344 e. The highest BCUT2D eigenvalue weighted by Crippen LogP contribution is 2.16. The highest BCUT2D eigenvalue weighted by atomic mass is 15.0. The number of hydrogen-bond donors (Lipinski definition) is 0. The highest BCUT2D eigenvalue weighted by Gasteiger charge is 2.05. The van der Waals surface area contributed by atoms with Crippen molar-refractivity contribution in [3.63, 3.8) is 0 Å². The monoisotopic (exact) mass is 147 g/mol. The number of fused-ring (bicyclic) bond motifs is 1. The SMILES string of the molecule is CCCc1cc2n(c1)CC=C2. The average molecular weight is 147 g/mol. The van der Waals surface area contributed by atoms with Gasteiger partial charge in [-0.25, -0.2) is 0 Å². The quantitative estimate of drug-likeness (QED) is 0.605. The molecular weight excluding hydrogens is 134 g/mol. The second-order valence-corrected chi connectivity index (χ2v) is 3.08. The lowest BCUT2D eigenvalue weighted by Gasteiger charge is -1.92. The number of aryl methyl sites for hydroxylation is 1. The van der Waals surface area contributed by atoms with E-state index in [2.05, 4.69) is 35.9 Å². The number of allylic oxidation sites excluding steroid dienone is 1.